The molecule has 248 valence electrons. The van der Waals surface area contributed by atoms with Crippen molar-refractivity contribution in [2.24, 2.45) is 5.92 Å². The molecule has 1 heterocycles. The Balaban J connectivity index is 1.44. The van der Waals surface area contributed by atoms with Crippen LogP contribution in [-0.4, -0.2) is 52.3 Å². The van der Waals surface area contributed by atoms with Crippen molar-refractivity contribution in [3.05, 3.63) is 96.1 Å². The molecular formula is C38H45N3O6. The highest BCUT2D eigenvalue weighted by molar-refractivity contribution is 6.00. The number of carbonyl (C=O) groups excluding carboxylic acids is 3. The Morgan fingerprint density at radius 2 is 1.51 bits per heavy atom. The summed E-state index contributed by atoms with van der Waals surface area (Å²) in [6.45, 7) is 0.332. The number of ether oxygens (including phenoxy) is 1. The number of carboxylic acid groups (broad SMARTS) is 1. The second-order valence-electron chi connectivity index (χ2n) is 12.6. The molecule has 3 aromatic rings. The number of nitrogens with zero attached hydrogens (tertiary/aromatic N) is 1. The van der Waals surface area contributed by atoms with Crippen molar-refractivity contribution in [1.82, 2.24) is 15.5 Å². The molecule has 47 heavy (non-hydrogen) atoms. The highest BCUT2D eigenvalue weighted by Crippen LogP contribution is 2.35. The summed E-state index contributed by atoms with van der Waals surface area (Å²) in [5, 5.41) is 15.0. The molecule has 2 aliphatic rings. The van der Waals surface area contributed by atoms with Crippen molar-refractivity contribution in [3.8, 4) is 11.5 Å². The van der Waals surface area contributed by atoms with Crippen LogP contribution >= 0.6 is 0 Å². The maximum absolute atomic E-state index is 14.5. The van der Waals surface area contributed by atoms with Gasteiger partial charge in [-0.1, -0.05) is 99.2 Å². The lowest BCUT2D eigenvalue weighted by Crippen LogP contribution is -2.66. The zero-order chi connectivity index (χ0) is 33.0. The number of carbonyl (C=O) groups is 4. The third-order valence-electron chi connectivity index (χ3n) is 9.14. The maximum Gasteiger partial charge on any atom is 0.303 e. The van der Waals surface area contributed by atoms with E-state index in [4.69, 9.17) is 9.84 Å². The normalized spacial score (nSPS) is 19.1. The first-order valence-electron chi connectivity index (χ1n) is 16.9. The van der Waals surface area contributed by atoms with E-state index in [1.807, 2.05) is 60.7 Å². The Kier molecular flexibility index (Phi) is 12.0. The quantitative estimate of drug-likeness (QED) is 0.170. The minimum absolute atomic E-state index is 0.0804. The van der Waals surface area contributed by atoms with Crippen LogP contribution in [0.4, 0.5) is 0 Å². The van der Waals surface area contributed by atoms with Gasteiger partial charge in [0.1, 0.15) is 29.6 Å². The number of amides is 3. The van der Waals surface area contributed by atoms with Gasteiger partial charge >= 0.3 is 5.97 Å². The summed E-state index contributed by atoms with van der Waals surface area (Å²) in [7, 11) is 0. The van der Waals surface area contributed by atoms with Gasteiger partial charge in [0.05, 0.1) is 0 Å². The Bertz CT molecular complexity index is 1470. The van der Waals surface area contributed by atoms with Gasteiger partial charge in [0.25, 0.3) is 0 Å². The fourth-order valence-corrected chi connectivity index (χ4v) is 6.71. The number of aliphatic carboxylic acids is 1. The fraction of sp³-hybridized carbons (Fsp3) is 0.421. The molecule has 0 bridgehead atoms. The third kappa shape index (κ3) is 9.44. The summed E-state index contributed by atoms with van der Waals surface area (Å²) in [5.74, 6) is -0.162. The molecule has 1 unspecified atom stereocenters. The van der Waals surface area contributed by atoms with E-state index in [1.54, 1.807) is 29.2 Å². The van der Waals surface area contributed by atoms with Crippen LogP contribution in [0.5, 0.6) is 11.5 Å². The predicted molar refractivity (Wildman–Crippen MR) is 179 cm³/mol. The molecular weight excluding hydrogens is 594 g/mol. The first kappa shape index (κ1) is 33.7. The number of rotatable bonds is 15. The number of hydrogen-bond acceptors (Lipinski definition) is 5. The van der Waals surface area contributed by atoms with Crippen LogP contribution in [0.25, 0.3) is 0 Å². The number of para-hydroxylation sites is 1. The van der Waals surface area contributed by atoms with Crippen LogP contribution in [0.3, 0.4) is 0 Å². The molecule has 2 fully saturated rings. The Labute approximate surface area is 276 Å². The lowest BCUT2D eigenvalue weighted by molar-refractivity contribution is -0.156. The zero-order valence-corrected chi connectivity index (χ0v) is 26.8. The van der Waals surface area contributed by atoms with Crippen LogP contribution in [0.2, 0.25) is 0 Å². The fourth-order valence-electron chi connectivity index (χ4n) is 6.71. The molecule has 0 spiro atoms. The molecule has 3 aromatic carbocycles. The zero-order valence-electron chi connectivity index (χ0n) is 26.8. The maximum atomic E-state index is 14.5. The minimum Gasteiger partial charge on any atom is -0.481 e. The van der Waals surface area contributed by atoms with Crippen LogP contribution in [0, 0.1) is 5.92 Å². The number of hydrogen-bond donors (Lipinski definition) is 3. The monoisotopic (exact) mass is 639 g/mol. The molecule has 1 aliphatic carbocycles. The average molecular weight is 640 g/mol. The predicted octanol–water partition coefficient (Wildman–Crippen LogP) is 6.19. The van der Waals surface area contributed by atoms with Gasteiger partial charge in [-0.25, -0.2) is 0 Å². The van der Waals surface area contributed by atoms with Gasteiger partial charge in [0.15, 0.2) is 0 Å². The Morgan fingerprint density at radius 1 is 0.851 bits per heavy atom. The number of piperazine rings is 1. The molecule has 5 rings (SSSR count). The average Bonchev–Trinajstić information content (AvgIpc) is 3.08. The Hall–Kier alpha value is -4.66. The van der Waals surface area contributed by atoms with Crippen molar-refractivity contribution in [2.75, 3.05) is 6.54 Å². The van der Waals surface area contributed by atoms with Crippen LogP contribution in [0.15, 0.2) is 84.9 Å². The van der Waals surface area contributed by atoms with Gasteiger partial charge in [-0.05, 0) is 60.6 Å². The number of unbranched alkanes of at least 4 members (excludes halogenated alkanes) is 2. The van der Waals surface area contributed by atoms with E-state index in [-0.39, 0.29) is 24.1 Å². The first-order chi connectivity index (χ1) is 22.9. The Morgan fingerprint density at radius 3 is 2.19 bits per heavy atom. The largest absolute Gasteiger partial charge is 0.481 e. The molecule has 0 radical (unpaired) electrons. The second kappa shape index (κ2) is 16.8. The molecule has 3 atom stereocenters. The van der Waals surface area contributed by atoms with Crippen molar-refractivity contribution in [2.45, 2.75) is 88.8 Å². The summed E-state index contributed by atoms with van der Waals surface area (Å²) in [6.07, 6.45) is 8.04. The van der Waals surface area contributed by atoms with E-state index < -0.39 is 24.1 Å². The first-order valence-corrected chi connectivity index (χ1v) is 16.9. The van der Waals surface area contributed by atoms with E-state index in [9.17, 15) is 19.2 Å². The molecule has 1 saturated heterocycles. The smallest absolute Gasteiger partial charge is 0.303 e. The van der Waals surface area contributed by atoms with Crippen LogP contribution in [0.1, 0.15) is 81.4 Å². The van der Waals surface area contributed by atoms with E-state index in [2.05, 4.69) is 10.6 Å². The molecule has 3 N–H and O–H groups in total. The van der Waals surface area contributed by atoms with Gasteiger partial charge in [0.2, 0.25) is 17.7 Å². The number of benzene rings is 3. The molecule has 1 saturated carbocycles. The molecule has 9 nitrogen and oxygen atoms in total. The summed E-state index contributed by atoms with van der Waals surface area (Å²) < 4.78 is 5.99. The SMILES string of the molecule is O=C(O)CCCCCNC(=O)C(c1ccc(Oc2ccccc2)cc1)N1C(=O)[C@H](Cc2ccccc2)NC(=O)[C@@H]1CC1CCCCC1. The minimum atomic E-state index is -1.04. The summed E-state index contributed by atoms with van der Waals surface area (Å²) >= 11 is 0. The number of nitrogens with one attached hydrogen (secondary N) is 2. The van der Waals surface area contributed by atoms with E-state index >= 15 is 0 Å². The van der Waals surface area contributed by atoms with Gasteiger partial charge in [0, 0.05) is 19.4 Å². The topological polar surface area (TPSA) is 125 Å². The van der Waals surface area contributed by atoms with Crippen molar-refractivity contribution >= 4 is 23.7 Å². The molecule has 9 heteroatoms. The lowest BCUT2D eigenvalue weighted by atomic mass is 9.82. The van der Waals surface area contributed by atoms with Crippen LogP contribution < -0.4 is 15.4 Å². The van der Waals surface area contributed by atoms with Crippen molar-refractivity contribution < 1.29 is 29.0 Å². The van der Waals surface area contributed by atoms with Crippen molar-refractivity contribution in [3.63, 3.8) is 0 Å². The molecule has 1 aliphatic heterocycles. The molecule has 0 aromatic heterocycles. The lowest BCUT2D eigenvalue weighted by Gasteiger charge is -2.44. The van der Waals surface area contributed by atoms with Gasteiger partial charge in [-0.15, -0.1) is 0 Å². The summed E-state index contributed by atoms with van der Waals surface area (Å²) in [5.41, 5.74) is 1.51. The van der Waals surface area contributed by atoms with E-state index in [1.165, 1.54) is 6.42 Å². The van der Waals surface area contributed by atoms with Gasteiger partial charge < -0.3 is 25.4 Å². The van der Waals surface area contributed by atoms with E-state index in [0.29, 0.717) is 61.6 Å². The highest BCUT2D eigenvalue weighted by atomic mass is 16.5. The van der Waals surface area contributed by atoms with Crippen LogP contribution in [-0.2, 0) is 25.6 Å². The second-order valence-corrected chi connectivity index (χ2v) is 12.6. The van der Waals surface area contributed by atoms with Gasteiger partial charge in [-0.3, -0.25) is 19.2 Å². The summed E-state index contributed by atoms with van der Waals surface area (Å²) in [6, 6.07) is 23.5. The van der Waals surface area contributed by atoms with E-state index in [0.717, 1.165) is 31.2 Å². The standard InChI is InChI=1S/C38H45N3O6/c42-34(43)19-11-4-12-24-39-37(45)35(29-20-22-31(23-21-29)47-30-17-9-3-10-18-30)41-33(26-28-15-7-2-8-16-28)36(44)40-32(38(41)46)25-27-13-5-1-6-14-27/h1,3,5-6,9-10,13-14,17-18,20-23,28,32-33,35H,2,4,7-8,11-12,15-16,19,24-26H2,(H,39,45)(H,40,44)(H,42,43)/t32-,33-,35?/m0/s1. The van der Waals surface area contributed by atoms with Gasteiger partial charge in [-0.2, -0.15) is 0 Å². The molecule has 3 amide bonds. The highest BCUT2D eigenvalue weighted by Gasteiger charge is 2.47. The van der Waals surface area contributed by atoms with Crippen molar-refractivity contribution in [1.29, 1.82) is 0 Å². The third-order valence-corrected chi connectivity index (χ3v) is 9.14. The summed E-state index contributed by atoms with van der Waals surface area (Å²) in [4.78, 5) is 55.0. The number of carboxylic acids is 1.